The first-order valence-electron chi connectivity index (χ1n) is 23.5. The lowest BCUT2D eigenvalue weighted by Crippen LogP contribution is -2.48. The number of aliphatic hydroxyl groups excluding tert-OH is 3. The van der Waals surface area contributed by atoms with Gasteiger partial charge in [0.05, 0.1) is 18.8 Å². The van der Waals surface area contributed by atoms with Gasteiger partial charge in [0.1, 0.15) is 6.10 Å². The topological polar surface area (TPSA) is 89.8 Å². The van der Waals surface area contributed by atoms with Crippen LogP contribution >= 0.6 is 0 Å². The van der Waals surface area contributed by atoms with Crippen molar-refractivity contribution in [1.82, 2.24) is 5.32 Å². The number of unbranched alkanes of at least 4 members (excludes halogenated alkanes) is 28. The molecular formula is C49H91NO4. The smallest absolute Gasteiger partial charge is 0.249 e. The van der Waals surface area contributed by atoms with Gasteiger partial charge in [0.25, 0.3) is 0 Å². The van der Waals surface area contributed by atoms with Gasteiger partial charge in [0, 0.05) is 0 Å². The number of hydrogen-bond acceptors (Lipinski definition) is 4. The van der Waals surface area contributed by atoms with Crippen LogP contribution in [-0.2, 0) is 4.79 Å². The maximum Gasteiger partial charge on any atom is 0.249 e. The molecule has 0 saturated heterocycles. The molecule has 316 valence electrons. The molecule has 0 fully saturated rings. The predicted molar refractivity (Wildman–Crippen MR) is 236 cm³/mol. The highest BCUT2D eigenvalue weighted by Gasteiger charge is 2.22. The Morgan fingerprint density at radius 1 is 0.481 bits per heavy atom. The lowest BCUT2D eigenvalue weighted by molar-refractivity contribution is -0.131. The van der Waals surface area contributed by atoms with E-state index in [1.807, 2.05) is 6.08 Å². The normalized spacial score (nSPS) is 13.9. The Morgan fingerprint density at radius 2 is 0.870 bits per heavy atom. The molecule has 0 aromatic rings. The lowest BCUT2D eigenvalue weighted by Gasteiger charge is -2.21. The predicted octanol–water partition coefficient (Wildman–Crippen LogP) is 13.7. The molecule has 0 aliphatic rings. The van der Waals surface area contributed by atoms with Gasteiger partial charge in [0.15, 0.2) is 0 Å². The van der Waals surface area contributed by atoms with E-state index in [0.29, 0.717) is 6.42 Å². The van der Waals surface area contributed by atoms with E-state index >= 15 is 0 Å². The summed E-state index contributed by atoms with van der Waals surface area (Å²) in [6.07, 6.45) is 57.2. The molecule has 0 bridgehead atoms. The minimum absolute atomic E-state index is 0.376. The summed E-state index contributed by atoms with van der Waals surface area (Å²) in [5, 5.41) is 33.2. The van der Waals surface area contributed by atoms with Crippen molar-refractivity contribution in [3.8, 4) is 0 Å². The Bertz CT molecular complexity index is 881. The van der Waals surface area contributed by atoms with E-state index in [2.05, 4.69) is 55.6 Å². The summed E-state index contributed by atoms with van der Waals surface area (Å²) in [5.74, 6) is -0.514. The summed E-state index contributed by atoms with van der Waals surface area (Å²) in [5.41, 5.74) is 0. The second kappa shape index (κ2) is 44.0. The van der Waals surface area contributed by atoms with Crippen molar-refractivity contribution in [3.63, 3.8) is 0 Å². The second-order valence-corrected chi connectivity index (χ2v) is 15.9. The van der Waals surface area contributed by atoms with Gasteiger partial charge in [0.2, 0.25) is 5.91 Å². The molecule has 5 nitrogen and oxygen atoms in total. The maximum absolute atomic E-state index is 12.5. The summed E-state index contributed by atoms with van der Waals surface area (Å²) >= 11 is 0. The average Bonchev–Trinajstić information content (AvgIpc) is 3.18. The van der Waals surface area contributed by atoms with E-state index in [-0.39, 0.29) is 6.61 Å². The number of nitrogens with one attached hydrogen (secondary N) is 1. The molecule has 3 unspecified atom stereocenters. The molecule has 4 N–H and O–H groups in total. The van der Waals surface area contributed by atoms with Crippen LogP contribution in [0.5, 0.6) is 0 Å². The molecule has 1 amide bonds. The van der Waals surface area contributed by atoms with E-state index in [1.165, 1.54) is 161 Å². The monoisotopic (exact) mass is 758 g/mol. The SMILES string of the molecule is CC/C=C\C/C=C\CCCCCCCCCCCCCCCC(O)C(=O)NC(CO)C(O)/C=C/CC/C=C/CCCCCCCCCCCCCCCC. The quantitative estimate of drug-likeness (QED) is 0.0369. The zero-order valence-corrected chi connectivity index (χ0v) is 35.8. The summed E-state index contributed by atoms with van der Waals surface area (Å²) in [4.78, 5) is 12.5. The fourth-order valence-corrected chi connectivity index (χ4v) is 7.00. The van der Waals surface area contributed by atoms with Crippen LogP contribution in [0.15, 0.2) is 48.6 Å². The van der Waals surface area contributed by atoms with Crippen LogP contribution in [0.4, 0.5) is 0 Å². The Labute approximate surface area is 336 Å². The Balaban J connectivity index is 3.68. The third-order valence-electron chi connectivity index (χ3n) is 10.7. The largest absolute Gasteiger partial charge is 0.394 e. The third-order valence-corrected chi connectivity index (χ3v) is 10.7. The van der Waals surface area contributed by atoms with Crippen LogP contribution in [0.25, 0.3) is 0 Å². The van der Waals surface area contributed by atoms with Gasteiger partial charge < -0.3 is 20.6 Å². The van der Waals surface area contributed by atoms with Crippen LogP contribution in [0.1, 0.15) is 232 Å². The van der Waals surface area contributed by atoms with Gasteiger partial charge in [-0.1, -0.05) is 223 Å². The number of hydrogen-bond donors (Lipinski definition) is 4. The number of allylic oxidation sites excluding steroid dienone is 7. The summed E-state index contributed by atoms with van der Waals surface area (Å²) in [6.45, 7) is 4.08. The molecule has 54 heavy (non-hydrogen) atoms. The Hall–Kier alpha value is -1.69. The van der Waals surface area contributed by atoms with Crippen molar-refractivity contribution in [2.75, 3.05) is 6.61 Å². The fourth-order valence-electron chi connectivity index (χ4n) is 7.00. The Morgan fingerprint density at radius 3 is 1.33 bits per heavy atom. The first-order valence-corrected chi connectivity index (χ1v) is 23.5. The number of rotatable bonds is 42. The zero-order chi connectivity index (χ0) is 39.4. The van der Waals surface area contributed by atoms with E-state index in [0.717, 1.165) is 51.4 Å². The van der Waals surface area contributed by atoms with Gasteiger partial charge >= 0.3 is 0 Å². The number of carbonyl (C=O) groups excluding carboxylic acids is 1. The van der Waals surface area contributed by atoms with E-state index in [9.17, 15) is 20.1 Å². The molecule has 5 heteroatoms. The van der Waals surface area contributed by atoms with Gasteiger partial charge in [-0.3, -0.25) is 4.79 Å². The van der Waals surface area contributed by atoms with Gasteiger partial charge in [-0.05, 0) is 57.8 Å². The molecule has 0 heterocycles. The van der Waals surface area contributed by atoms with Crippen LogP contribution in [0, 0.1) is 0 Å². The molecule has 3 atom stereocenters. The standard InChI is InChI=1S/C49H91NO4/c1-3-5-7-9-11-13-15-17-19-21-23-25-27-29-31-33-35-37-39-41-43-47(52)46(45-51)50-49(54)48(53)44-42-40-38-36-34-32-30-28-26-24-22-20-18-16-14-12-10-8-6-4-2/h6,8,12,14,33,35,41,43,46-48,51-53H,3-5,7,9-11,13,15-32,34,36-40,42,44-45H2,1-2H3,(H,50,54)/b8-6-,14-12-,35-33+,43-41+. The van der Waals surface area contributed by atoms with Crippen molar-refractivity contribution in [1.29, 1.82) is 0 Å². The molecule has 0 rings (SSSR count). The van der Waals surface area contributed by atoms with Crippen LogP contribution in [0.3, 0.4) is 0 Å². The number of carbonyl (C=O) groups is 1. The second-order valence-electron chi connectivity index (χ2n) is 15.9. The van der Waals surface area contributed by atoms with E-state index in [1.54, 1.807) is 6.08 Å². The minimum Gasteiger partial charge on any atom is -0.394 e. The third kappa shape index (κ3) is 38.6. The molecule has 0 saturated carbocycles. The summed E-state index contributed by atoms with van der Waals surface area (Å²) in [6, 6.07) is -0.815. The molecule has 0 radical (unpaired) electrons. The highest BCUT2D eigenvalue weighted by atomic mass is 16.3. The van der Waals surface area contributed by atoms with Crippen LogP contribution in [0.2, 0.25) is 0 Å². The van der Waals surface area contributed by atoms with E-state index < -0.39 is 24.2 Å². The van der Waals surface area contributed by atoms with E-state index in [4.69, 9.17) is 0 Å². The fraction of sp³-hybridized carbons (Fsp3) is 0.816. The number of amides is 1. The van der Waals surface area contributed by atoms with Gasteiger partial charge in [-0.25, -0.2) is 0 Å². The Kier molecular flexibility index (Phi) is 42.7. The van der Waals surface area contributed by atoms with Crippen LogP contribution in [-0.4, -0.2) is 46.1 Å². The van der Waals surface area contributed by atoms with Gasteiger partial charge in [-0.15, -0.1) is 0 Å². The molecule has 0 aromatic carbocycles. The summed E-state index contributed by atoms with van der Waals surface area (Å²) in [7, 11) is 0. The maximum atomic E-state index is 12.5. The first kappa shape index (κ1) is 52.3. The lowest BCUT2D eigenvalue weighted by atomic mass is 10.0. The highest BCUT2D eigenvalue weighted by Crippen LogP contribution is 2.16. The van der Waals surface area contributed by atoms with Crippen molar-refractivity contribution in [3.05, 3.63) is 48.6 Å². The van der Waals surface area contributed by atoms with Crippen LogP contribution < -0.4 is 5.32 Å². The molecule has 0 aliphatic heterocycles. The van der Waals surface area contributed by atoms with Gasteiger partial charge in [-0.2, -0.15) is 0 Å². The zero-order valence-electron chi connectivity index (χ0n) is 35.8. The molecule has 0 aromatic heterocycles. The van der Waals surface area contributed by atoms with Crippen molar-refractivity contribution in [2.45, 2.75) is 250 Å². The molecule has 0 spiro atoms. The first-order chi connectivity index (χ1) is 26.6. The summed E-state index contributed by atoms with van der Waals surface area (Å²) < 4.78 is 0. The number of aliphatic hydroxyl groups is 3. The minimum atomic E-state index is -1.11. The van der Waals surface area contributed by atoms with Crippen molar-refractivity contribution in [2.24, 2.45) is 0 Å². The molecule has 0 aliphatic carbocycles. The highest BCUT2D eigenvalue weighted by molar-refractivity contribution is 5.80. The average molecular weight is 758 g/mol. The molecular weight excluding hydrogens is 667 g/mol. The van der Waals surface area contributed by atoms with Crippen molar-refractivity contribution < 1.29 is 20.1 Å². The van der Waals surface area contributed by atoms with Crippen molar-refractivity contribution >= 4 is 5.91 Å².